The van der Waals surface area contributed by atoms with E-state index in [2.05, 4.69) is 18.4 Å². The fourth-order valence-electron chi connectivity index (χ4n) is 3.09. The van der Waals surface area contributed by atoms with Gasteiger partial charge in [-0.2, -0.15) is 0 Å². The number of carboxylic acids is 1. The Bertz CT molecular complexity index is 670. The first-order valence-corrected chi connectivity index (χ1v) is 7.47. The standard InChI is InChI=1S/C17H23NO3/c1-4-7-18-12(3)14(6-5-8-19)15-10-13(17(20)21)9-11(2)16(15)18/h9-10,19H,4-8H2,1-3H3,(H,20,21). The molecule has 0 unspecified atom stereocenters. The van der Waals surface area contributed by atoms with Crippen molar-refractivity contribution in [2.24, 2.45) is 0 Å². The Kier molecular flexibility index (Phi) is 4.68. The summed E-state index contributed by atoms with van der Waals surface area (Å²) in [6.07, 6.45) is 2.50. The zero-order valence-electron chi connectivity index (χ0n) is 12.9. The van der Waals surface area contributed by atoms with E-state index in [0.29, 0.717) is 12.0 Å². The quantitative estimate of drug-likeness (QED) is 0.857. The maximum atomic E-state index is 11.3. The van der Waals surface area contributed by atoms with Crippen LogP contribution in [0, 0.1) is 13.8 Å². The van der Waals surface area contributed by atoms with Gasteiger partial charge in [-0.25, -0.2) is 4.79 Å². The predicted molar refractivity (Wildman–Crippen MR) is 84.1 cm³/mol. The van der Waals surface area contributed by atoms with Gasteiger partial charge in [0.1, 0.15) is 0 Å². The van der Waals surface area contributed by atoms with Crippen LogP contribution in [-0.2, 0) is 13.0 Å². The molecule has 0 saturated carbocycles. The van der Waals surface area contributed by atoms with Gasteiger partial charge in [-0.05, 0) is 56.4 Å². The van der Waals surface area contributed by atoms with E-state index in [0.717, 1.165) is 35.9 Å². The number of aromatic carboxylic acids is 1. The second kappa shape index (κ2) is 6.31. The van der Waals surface area contributed by atoms with Crippen molar-refractivity contribution in [3.8, 4) is 0 Å². The minimum absolute atomic E-state index is 0.150. The highest BCUT2D eigenvalue weighted by atomic mass is 16.4. The molecule has 0 aliphatic carbocycles. The number of benzene rings is 1. The van der Waals surface area contributed by atoms with Gasteiger partial charge in [-0.3, -0.25) is 0 Å². The number of hydrogen-bond donors (Lipinski definition) is 2. The molecule has 4 heteroatoms. The van der Waals surface area contributed by atoms with E-state index in [9.17, 15) is 9.90 Å². The lowest BCUT2D eigenvalue weighted by molar-refractivity contribution is 0.0697. The van der Waals surface area contributed by atoms with Crippen LogP contribution in [0.1, 0.15) is 46.9 Å². The molecule has 2 aromatic rings. The van der Waals surface area contributed by atoms with E-state index in [1.807, 2.05) is 6.92 Å². The molecule has 0 spiro atoms. The van der Waals surface area contributed by atoms with Gasteiger partial charge >= 0.3 is 5.97 Å². The highest BCUT2D eigenvalue weighted by Crippen LogP contribution is 2.31. The zero-order chi connectivity index (χ0) is 15.6. The van der Waals surface area contributed by atoms with Crippen LogP contribution in [0.2, 0.25) is 0 Å². The molecule has 1 aromatic carbocycles. The van der Waals surface area contributed by atoms with Crippen LogP contribution in [0.4, 0.5) is 0 Å². The number of aryl methyl sites for hydroxylation is 3. The Balaban J connectivity index is 2.73. The third-order valence-electron chi connectivity index (χ3n) is 4.02. The molecule has 0 radical (unpaired) electrons. The van der Waals surface area contributed by atoms with Crippen LogP contribution in [0.3, 0.4) is 0 Å². The topological polar surface area (TPSA) is 62.5 Å². The Hall–Kier alpha value is -1.81. The van der Waals surface area contributed by atoms with Crippen LogP contribution < -0.4 is 0 Å². The summed E-state index contributed by atoms with van der Waals surface area (Å²) in [5.74, 6) is -0.894. The fourth-order valence-corrected chi connectivity index (χ4v) is 3.09. The number of aromatic nitrogens is 1. The number of fused-ring (bicyclic) bond motifs is 1. The summed E-state index contributed by atoms with van der Waals surface area (Å²) in [5.41, 5.74) is 4.81. The first-order chi connectivity index (χ1) is 10.0. The molecule has 0 amide bonds. The first kappa shape index (κ1) is 15.6. The molecule has 0 aliphatic rings. The van der Waals surface area contributed by atoms with E-state index < -0.39 is 5.97 Å². The lowest BCUT2D eigenvalue weighted by Gasteiger charge is -2.09. The molecule has 4 nitrogen and oxygen atoms in total. The van der Waals surface area contributed by atoms with E-state index in [-0.39, 0.29) is 6.61 Å². The summed E-state index contributed by atoms with van der Waals surface area (Å²) >= 11 is 0. The van der Waals surface area contributed by atoms with Gasteiger partial charge in [0.2, 0.25) is 0 Å². The summed E-state index contributed by atoms with van der Waals surface area (Å²) in [6.45, 7) is 7.27. The largest absolute Gasteiger partial charge is 0.478 e. The van der Waals surface area contributed by atoms with Gasteiger partial charge in [0.05, 0.1) is 11.1 Å². The summed E-state index contributed by atoms with van der Waals surface area (Å²) in [6, 6.07) is 3.52. The molecule has 114 valence electrons. The predicted octanol–water partition coefficient (Wildman–Crippen LogP) is 3.29. The van der Waals surface area contributed by atoms with E-state index in [1.54, 1.807) is 12.1 Å². The summed E-state index contributed by atoms with van der Waals surface area (Å²) in [7, 11) is 0. The average molecular weight is 289 g/mol. The van der Waals surface area contributed by atoms with Crippen LogP contribution in [0.5, 0.6) is 0 Å². The van der Waals surface area contributed by atoms with Crippen molar-refractivity contribution < 1.29 is 15.0 Å². The second-order valence-electron chi connectivity index (χ2n) is 5.54. The van der Waals surface area contributed by atoms with Crippen molar-refractivity contribution in [2.75, 3.05) is 6.61 Å². The minimum atomic E-state index is -0.894. The van der Waals surface area contributed by atoms with Crippen molar-refractivity contribution in [1.29, 1.82) is 0 Å². The number of carbonyl (C=O) groups is 1. The third kappa shape index (κ3) is 2.81. The SMILES string of the molecule is CCCn1c(C)c(CCCO)c2cc(C(=O)O)cc(C)c21. The Labute approximate surface area is 125 Å². The molecular weight excluding hydrogens is 266 g/mol. The second-order valence-corrected chi connectivity index (χ2v) is 5.54. The molecule has 0 aliphatic heterocycles. The molecule has 0 saturated heterocycles. The van der Waals surface area contributed by atoms with Gasteiger partial charge in [0.25, 0.3) is 0 Å². The van der Waals surface area contributed by atoms with Gasteiger partial charge in [-0.1, -0.05) is 6.92 Å². The van der Waals surface area contributed by atoms with Crippen molar-refractivity contribution in [3.63, 3.8) is 0 Å². The molecule has 2 rings (SSSR count). The number of aliphatic hydroxyl groups is 1. The number of hydrogen-bond acceptors (Lipinski definition) is 2. The van der Waals surface area contributed by atoms with Gasteiger partial charge in [0.15, 0.2) is 0 Å². The average Bonchev–Trinajstić information content (AvgIpc) is 2.70. The summed E-state index contributed by atoms with van der Waals surface area (Å²) in [4.78, 5) is 11.3. The molecule has 0 bridgehead atoms. The minimum Gasteiger partial charge on any atom is -0.478 e. The Morgan fingerprint density at radius 2 is 2.00 bits per heavy atom. The van der Waals surface area contributed by atoms with Crippen LogP contribution in [-0.4, -0.2) is 27.4 Å². The molecule has 2 N–H and O–H groups in total. The smallest absolute Gasteiger partial charge is 0.335 e. The highest BCUT2D eigenvalue weighted by molar-refractivity contribution is 5.97. The number of rotatable bonds is 6. The maximum Gasteiger partial charge on any atom is 0.335 e. The number of nitrogens with zero attached hydrogens (tertiary/aromatic N) is 1. The van der Waals surface area contributed by atoms with Gasteiger partial charge in [0, 0.05) is 24.2 Å². The van der Waals surface area contributed by atoms with E-state index >= 15 is 0 Å². The number of aliphatic hydroxyl groups excluding tert-OH is 1. The molecular formula is C17H23NO3. The van der Waals surface area contributed by atoms with Gasteiger partial charge in [-0.15, -0.1) is 0 Å². The van der Waals surface area contributed by atoms with E-state index in [4.69, 9.17) is 5.11 Å². The maximum absolute atomic E-state index is 11.3. The number of carboxylic acid groups (broad SMARTS) is 1. The lowest BCUT2D eigenvalue weighted by atomic mass is 10.0. The molecule has 1 aromatic heterocycles. The highest BCUT2D eigenvalue weighted by Gasteiger charge is 2.17. The van der Waals surface area contributed by atoms with Crippen molar-refractivity contribution in [2.45, 2.75) is 46.6 Å². The van der Waals surface area contributed by atoms with Crippen LogP contribution in [0.15, 0.2) is 12.1 Å². The summed E-state index contributed by atoms with van der Waals surface area (Å²) in [5, 5.41) is 19.4. The normalized spacial score (nSPS) is 11.2. The fraction of sp³-hybridized carbons (Fsp3) is 0.471. The van der Waals surface area contributed by atoms with Gasteiger partial charge < -0.3 is 14.8 Å². The molecule has 0 fully saturated rings. The Morgan fingerprint density at radius 1 is 1.29 bits per heavy atom. The van der Waals surface area contributed by atoms with Crippen molar-refractivity contribution >= 4 is 16.9 Å². The van der Waals surface area contributed by atoms with Crippen molar-refractivity contribution in [1.82, 2.24) is 4.57 Å². The molecule has 1 heterocycles. The molecule has 21 heavy (non-hydrogen) atoms. The van der Waals surface area contributed by atoms with E-state index in [1.165, 1.54) is 11.3 Å². The summed E-state index contributed by atoms with van der Waals surface area (Å²) < 4.78 is 2.28. The lowest BCUT2D eigenvalue weighted by Crippen LogP contribution is -2.02. The monoisotopic (exact) mass is 289 g/mol. The van der Waals surface area contributed by atoms with Crippen molar-refractivity contribution in [3.05, 3.63) is 34.5 Å². The van der Waals surface area contributed by atoms with Crippen LogP contribution >= 0.6 is 0 Å². The molecule has 0 atom stereocenters. The zero-order valence-corrected chi connectivity index (χ0v) is 12.9. The van der Waals surface area contributed by atoms with Crippen LogP contribution in [0.25, 0.3) is 10.9 Å². The Morgan fingerprint density at radius 3 is 2.57 bits per heavy atom. The third-order valence-corrected chi connectivity index (χ3v) is 4.02. The first-order valence-electron chi connectivity index (χ1n) is 7.47.